The SMILES string of the molecule is CNC(=O)[C@@H](NC(=O)c1nc(-c2ccc(F)c(C(F)(F)F)c2)n2c1CN(C)CC2)C(C)(C)C. The Kier molecular flexibility index (Phi) is 6.56. The largest absolute Gasteiger partial charge is 0.419 e. The summed E-state index contributed by atoms with van der Waals surface area (Å²) < 4.78 is 55.3. The van der Waals surface area contributed by atoms with Crippen LogP contribution in [0, 0.1) is 11.2 Å². The van der Waals surface area contributed by atoms with Crippen molar-refractivity contribution in [3.8, 4) is 11.4 Å². The van der Waals surface area contributed by atoms with E-state index in [2.05, 4.69) is 15.6 Å². The fourth-order valence-electron chi connectivity index (χ4n) is 3.80. The number of nitrogens with one attached hydrogen (secondary N) is 2. The lowest BCUT2D eigenvalue weighted by Gasteiger charge is -2.30. The molecular weight excluding hydrogens is 442 g/mol. The van der Waals surface area contributed by atoms with Crippen LogP contribution < -0.4 is 10.6 Å². The van der Waals surface area contributed by atoms with Crippen LogP contribution in [0.1, 0.15) is 42.5 Å². The fourth-order valence-corrected chi connectivity index (χ4v) is 3.80. The second kappa shape index (κ2) is 8.77. The van der Waals surface area contributed by atoms with Crippen LogP contribution in [0.15, 0.2) is 18.2 Å². The first-order chi connectivity index (χ1) is 15.2. The summed E-state index contributed by atoms with van der Waals surface area (Å²) in [6.45, 7) is 6.71. The maximum absolute atomic E-state index is 13.8. The predicted molar refractivity (Wildman–Crippen MR) is 114 cm³/mol. The number of amides is 2. The first-order valence-electron chi connectivity index (χ1n) is 10.4. The lowest BCUT2D eigenvalue weighted by molar-refractivity contribution is -0.140. The summed E-state index contributed by atoms with van der Waals surface area (Å²) in [5.74, 6) is -2.23. The smallest absolute Gasteiger partial charge is 0.357 e. The second-order valence-corrected chi connectivity index (χ2v) is 9.20. The minimum Gasteiger partial charge on any atom is -0.357 e. The Morgan fingerprint density at radius 1 is 1.15 bits per heavy atom. The van der Waals surface area contributed by atoms with Gasteiger partial charge in [-0.25, -0.2) is 9.37 Å². The summed E-state index contributed by atoms with van der Waals surface area (Å²) in [6, 6.07) is 1.80. The van der Waals surface area contributed by atoms with Crippen molar-refractivity contribution in [2.45, 2.75) is 46.1 Å². The van der Waals surface area contributed by atoms with Crippen molar-refractivity contribution in [3.63, 3.8) is 0 Å². The molecule has 7 nitrogen and oxygen atoms in total. The van der Waals surface area contributed by atoms with Crippen LogP contribution in [-0.4, -0.2) is 52.9 Å². The third kappa shape index (κ3) is 5.02. The highest BCUT2D eigenvalue weighted by Crippen LogP contribution is 2.35. The molecule has 1 aliphatic heterocycles. The molecule has 0 unspecified atom stereocenters. The number of carbonyl (C=O) groups excluding carboxylic acids is 2. The van der Waals surface area contributed by atoms with Gasteiger partial charge in [0.25, 0.3) is 5.91 Å². The maximum atomic E-state index is 13.8. The molecule has 180 valence electrons. The van der Waals surface area contributed by atoms with Crippen LogP contribution in [0.25, 0.3) is 11.4 Å². The van der Waals surface area contributed by atoms with Gasteiger partial charge >= 0.3 is 6.18 Å². The van der Waals surface area contributed by atoms with Crippen molar-refractivity contribution in [1.82, 2.24) is 25.1 Å². The number of carbonyl (C=O) groups is 2. The van der Waals surface area contributed by atoms with Gasteiger partial charge in [-0.1, -0.05) is 20.8 Å². The van der Waals surface area contributed by atoms with Crippen LogP contribution in [0.2, 0.25) is 0 Å². The van der Waals surface area contributed by atoms with E-state index in [4.69, 9.17) is 0 Å². The summed E-state index contributed by atoms with van der Waals surface area (Å²) in [5, 5.41) is 5.24. The molecule has 11 heteroatoms. The van der Waals surface area contributed by atoms with E-state index in [1.54, 1.807) is 25.3 Å². The monoisotopic (exact) mass is 469 g/mol. The summed E-state index contributed by atoms with van der Waals surface area (Å²) in [6.07, 6.45) is -4.87. The Morgan fingerprint density at radius 3 is 2.39 bits per heavy atom. The van der Waals surface area contributed by atoms with E-state index in [0.29, 0.717) is 31.4 Å². The number of hydrogen-bond donors (Lipinski definition) is 2. The molecule has 2 amide bonds. The number of halogens is 4. The quantitative estimate of drug-likeness (QED) is 0.675. The molecule has 1 aromatic carbocycles. The molecule has 2 N–H and O–H groups in total. The fraction of sp³-hybridized carbons (Fsp3) is 0.500. The van der Waals surface area contributed by atoms with Gasteiger partial charge in [0.15, 0.2) is 5.69 Å². The highest BCUT2D eigenvalue weighted by Gasteiger charge is 2.37. The van der Waals surface area contributed by atoms with E-state index in [1.165, 1.54) is 13.1 Å². The van der Waals surface area contributed by atoms with Gasteiger partial charge in [0, 0.05) is 32.2 Å². The number of fused-ring (bicyclic) bond motifs is 1. The lowest BCUT2D eigenvalue weighted by atomic mass is 9.86. The van der Waals surface area contributed by atoms with Gasteiger partial charge in [-0.15, -0.1) is 0 Å². The molecule has 1 aromatic heterocycles. The molecular formula is C22H27F4N5O2. The topological polar surface area (TPSA) is 79.3 Å². The maximum Gasteiger partial charge on any atom is 0.419 e. The van der Waals surface area contributed by atoms with Crippen LogP contribution in [-0.2, 0) is 24.1 Å². The van der Waals surface area contributed by atoms with Crippen LogP contribution in [0.4, 0.5) is 17.6 Å². The molecule has 1 aliphatic rings. The normalized spacial score (nSPS) is 15.7. The van der Waals surface area contributed by atoms with Crippen molar-refractivity contribution < 1.29 is 27.2 Å². The first-order valence-corrected chi connectivity index (χ1v) is 10.4. The predicted octanol–water partition coefficient (Wildman–Crippen LogP) is 3.04. The van der Waals surface area contributed by atoms with E-state index in [9.17, 15) is 27.2 Å². The molecule has 0 radical (unpaired) electrons. The van der Waals surface area contributed by atoms with Crippen molar-refractivity contribution in [3.05, 3.63) is 41.0 Å². The molecule has 0 saturated carbocycles. The van der Waals surface area contributed by atoms with Crippen LogP contribution >= 0.6 is 0 Å². The molecule has 0 fully saturated rings. The molecule has 3 rings (SSSR count). The lowest BCUT2D eigenvalue weighted by Crippen LogP contribution is -2.53. The third-order valence-corrected chi connectivity index (χ3v) is 5.59. The summed E-state index contributed by atoms with van der Waals surface area (Å²) >= 11 is 0. The number of imidazole rings is 1. The number of likely N-dealkylation sites (N-methyl/N-ethyl adjacent to an activating group) is 2. The van der Waals surface area contributed by atoms with Crippen molar-refractivity contribution in [2.24, 2.45) is 5.41 Å². The summed E-state index contributed by atoms with van der Waals surface area (Å²) in [5.41, 5.74) is -1.42. The summed E-state index contributed by atoms with van der Waals surface area (Å²) in [4.78, 5) is 31.9. The zero-order valence-electron chi connectivity index (χ0n) is 19.1. The van der Waals surface area contributed by atoms with Gasteiger partial charge in [0.2, 0.25) is 5.91 Å². The number of rotatable bonds is 4. The molecule has 0 spiro atoms. The van der Waals surface area contributed by atoms with Gasteiger partial charge in [0.1, 0.15) is 17.7 Å². The van der Waals surface area contributed by atoms with E-state index < -0.39 is 34.9 Å². The van der Waals surface area contributed by atoms with Crippen molar-refractivity contribution >= 4 is 11.8 Å². The highest BCUT2D eigenvalue weighted by molar-refractivity contribution is 5.97. The number of hydrogen-bond acceptors (Lipinski definition) is 4. The van der Waals surface area contributed by atoms with Crippen molar-refractivity contribution in [2.75, 3.05) is 20.6 Å². The average molecular weight is 469 g/mol. The van der Waals surface area contributed by atoms with E-state index in [0.717, 1.165) is 6.07 Å². The van der Waals surface area contributed by atoms with Gasteiger partial charge in [-0.05, 0) is 30.7 Å². The number of nitrogens with zero attached hydrogens (tertiary/aromatic N) is 3. The van der Waals surface area contributed by atoms with Gasteiger partial charge in [0.05, 0.1) is 11.3 Å². The minimum atomic E-state index is -4.87. The van der Waals surface area contributed by atoms with Gasteiger partial charge in [-0.2, -0.15) is 13.2 Å². The van der Waals surface area contributed by atoms with Crippen LogP contribution in [0.5, 0.6) is 0 Å². The van der Waals surface area contributed by atoms with Crippen molar-refractivity contribution in [1.29, 1.82) is 0 Å². The van der Waals surface area contributed by atoms with Gasteiger partial charge in [-0.3, -0.25) is 14.5 Å². The third-order valence-electron chi connectivity index (χ3n) is 5.59. The Labute approximate surface area is 189 Å². The Morgan fingerprint density at radius 2 is 1.82 bits per heavy atom. The molecule has 2 heterocycles. The molecule has 0 aliphatic carbocycles. The Bertz CT molecular complexity index is 1070. The second-order valence-electron chi connectivity index (χ2n) is 9.20. The van der Waals surface area contributed by atoms with E-state index >= 15 is 0 Å². The Balaban J connectivity index is 2.09. The zero-order valence-corrected chi connectivity index (χ0v) is 19.1. The zero-order chi connectivity index (χ0) is 24.7. The molecule has 33 heavy (non-hydrogen) atoms. The number of aromatic nitrogens is 2. The number of benzene rings is 1. The molecule has 2 aromatic rings. The van der Waals surface area contributed by atoms with E-state index in [-0.39, 0.29) is 23.0 Å². The number of alkyl halides is 3. The summed E-state index contributed by atoms with van der Waals surface area (Å²) in [7, 11) is 3.31. The van der Waals surface area contributed by atoms with Gasteiger partial charge < -0.3 is 15.2 Å². The molecule has 1 atom stereocenters. The van der Waals surface area contributed by atoms with E-state index in [1.807, 2.05) is 11.9 Å². The first kappa shape index (κ1) is 24.7. The molecule has 0 saturated heterocycles. The Hall–Kier alpha value is -2.95. The standard InChI is InChI=1S/C22H27F4N5O2/c1-21(2,3)17(20(33)27-4)29-19(32)16-15-11-30(5)8-9-31(15)18(28-16)12-6-7-14(23)13(10-12)22(24,25)26/h6-7,10,17H,8-9,11H2,1-5H3,(H,27,33)(H,29,32)/t17-/m1/s1. The average Bonchev–Trinajstić information content (AvgIpc) is 3.08. The minimum absolute atomic E-state index is 0.0209. The van der Waals surface area contributed by atoms with Crippen LogP contribution in [0.3, 0.4) is 0 Å². The highest BCUT2D eigenvalue weighted by atomic mass is 19.4. The molecule has 0 bridgehead atoms.